The van der Waals surface area contributed by atoms with Crippen LogP contribution < -0.4 is 15.4 Å². The van der Waals surface area contributed by atoms with Gasteiger partial charge in [-0.25, -0.2) is 4.79 Å². The minimum absolute atomic E-state index is 0.291. The van der Waals surface area contributed by atoms with E-state index in [0.717, 1.165) is 12.8 Å². The molecule has 1 aromatic carbocycles. The molecule has 1 aromatic rings. The predicted molar refractivity (Wildman–Crippen MR) is 93.4 cm³/mol. The maximum Gasteiger partial charge on any atom is 0.338 e. The molecule has 0 spiro atoms. The zero-order chi connectivity index (χ0) is 18.7. The summed E-state index contributed by atoms with van der Waals surface area (Å²) in [5, 5.41) is 5.05. The second-order valence-electron chi connectivity index (χ2n) is 5.49. The van der Waals surface area contributed by atoms with Crippen molar-refractivity contribution in [3.05, 3.63) is 29.8 Å². The Balaban J connectivity index is 2.40. The Morgan fingerprint density at radius 3 is 2.40 bits per heavy atom. The molecule has 7 nitrogen and oxygen atoms in total. The molecular weight excluding hydrogens is 324 g/mol. The first-order valence-electron chi connectivity index (χ1n) is 8.45. The Labute approximate surface area is 148 Å². The minimum atomic E-state index is -0.689. The molecule has 0 aliphatic rings. The number of benzene rings is 1. The van der Waals surface area contributed by atoms with Crippen LogP contribution in [-0.4, -0.2) is 43.6 Å². The monoisotopic (exact) mass is 350 g/mol. The summed E-state index contributed by atoms with van der Waals surface area (Å²) < 4.78 is 10.5. The number of nitrogens with one attached hydrogen (secondary N) is 2. The average molecular weight is 350 g/mol. The van der Waals surface area contributed by atoms with Gasteiger partial charge >= 0.3 is 5.97 Å². The molecule has 2 N–H and O–H groups in total. The molecule has 0 radical (unpaired) electrons. The number of rotatable bonds is 10. The van der Waals surface area contributed by atoms with Gasteiger partial charge in [-0.05, 0) is 44.5 Å². The second-order valence-corrected chi connectivity index (χ2v) is 5.49. The van der Waals surface area contributed by atoms with E-state index in [1.807, 2.05) is 0 Å². The van der Waals surface area contributed by atoms with Crippen LogP contribution >= 0.6 is 0 Å². The van der Waals surface area contributed by atoms with Crippen LogP contribution in [0.5, 0.6) is 5.75 Å². The van der Waals surface area contributed by atoms with Gasteiger partial charge in [-0.3, -0.25) is 9.59 Å². The van der Waals surface area contributed by atoms with Crippen molar-refractivity contribution >= 4 is 17.8 Å². The highest BCUT2D eigenvalue weighted by molar-refractivity contribution is 5.92. The number of esters is 1. The Hall–Kier alpha value is -2.57. The summed E-state index contributed by atoms with van der Waals surface area (Å²) >= 11 is 0. The highest BCUT2D eigenvalue weighted by atomic mass is 16.5. The fourth-order valence-electron chi connectivity index (χ4n) is 1.91. The van der Waals surface area contributed by atoms with Crippen LogP contribution in [0, 0.1) is 0 Å². The quantitative estimate of drug-likeness (QED) is 0.494. The maximum absolute atomic E-state index is 11.9. The van der Waals surface area contributed by atoms with Crippen molar-refractivity contribution in [3.63, 3.8) is 0 Å². The number of hydrogen-bond donors (Lipinski definition) is 2. The van der Waals surface area contributed by atoms with Gasteiger partial charge in [0.2, 0.25) is 5.91 Å². The van der Waals surface area contributed by atoms with E-state index in [9.17, 15) is 14.4 Å². The third kappa shape index (κ3) is 7.69. The first-order chi connectivity index (χ1) is 12.0. The van der Waals surface area contributed by atoms with Crippen LogP contribution in [0.1, 0.15) is 44.0 Å². The first kappa shape index (κ1) is 20.5. The Morgan fingerprint density at radius 2 is 1.80 bits per heavy atom. The number of amides is 2. The Morgan fingerprint density at radius 1 is 1.12 bits per heavy atom. The average Bonchev–Trinajstić information content (AvgIpc) is 2.60. The van der Waals surface area contributed by atoms with Gasteiger partial charge in [0.1, 0.15) is 11.8 Å². The third-order valence-electron chi connectivity index (χ3n) is 3.31. The minimum Gasteiger partial charge on any atom is -0.494 e. The maximum atomic E-state index is 11.9. The summed E-state index contributed by atoms with van der Waals surface area (Å²) in [5.74, 6) is -0.758. The van der Waals surface area contributed by atoms with Crippen LogP contribution in [-0.2, 0) is 14.3 Å². The van der Waals surface area contributed by atoms with Crippen LogP contribution in [0.15, 0.2) is 24.3 Å². The Bertz CT molecular complexity index is 571. The van der Waals surface area contributed by atoms with E-state index < -0.39 is 24.5 Å². The van der Waals surface area contributed by atoms with E-state index in [1.165, 1.54) is 0 Å². The van der Waals surface area contributed by atoms with Crippen molar-refractivity contribution in [2.45, 2.75) is 39.7 Å². The van der Waals surface area contributed by atoms with Crippen molar-refractivity contribution in [2.75, 3.05) is 19.8 Å². The molecule has 1 atom stereocenters. The van der Waals surface area contributed by atoms with Crippen molar-refractivity contribution in [1.29, 1.82) is 0 Å². The summed E-state index contributed by atoms with van der Waals surface area (Å²) in [6.07, 6.45) is 2.01. The van der Waals surface area contributed by atoms with Gasteiger partial charge in [-0.1, -0.05) is 13.3 Å². The Kier molecular flexibility index (Phi) is 9.06. The van der Waals surface area contributed by atoms with Crippen LogP contribution in [0.3, 0.4) is 0 Å². The van der Waals surface area contributed by atoms with Gasteiger partial charge < -0.3 is 20.1 Å². The third-order valence-corrected chi connectivity index (χ3v) is 3.31. The zero-order valence-corrected chi connectivity index (χ0v) is 15.0. The predicted octanol–water partition coefficient (Wildman–Crippen LogP) is 1.66. The molecule has 138 valence electrons. The summed E-state index contributed by atoms with van der Waals surface area (Å²) in [7, 11) is 0. The fraction of sp³-hybridized carbons (Fsp3) is 0.500. The first-order valence-corrected chi connectivity index (χ1v) is 8.45. The smallest absolute Gasteiger partial charge is 0.338 e. The summed E-state index contributed by atoms with van der Waals surface area (Å²) in [5.41, 5.74) is 0.326. The molecule has 2 amide bonds. The van der Waals surface area contributed by atoms with Crippen molar-refractivity contribution in [1.82, 2.24) is 10.6 Å². The highest BCUT2D eigenvalue weighted by Crippen LogP contribution is 2.13. The number of carbonyl (C=O) groups excluding carboxylic acids is 3. The van der Waals surface area contributed by atoms with E-state index >= 15 is 0 Å². The van der Waals surface area contributed by atoms with E-state index in [1.54, 1.807) is 38.1 Å². The zero-order valence-electron chi connectivity index (χ0n) is 15.0. The van der Waals surface area contributed by atoms with Crippen molar-refractivity contribution in [3.8, 4) is 5.75 Å². The lowest BCUT2D eigenvalue weighted by Gasteiger charge is -2.13. The fourth-order valence-corrected chi connectivity index (χ4v) is 1.91. The standard InChI is InChI=1S/C18H26N2O5/c1-4-6-11-24-15-9-7-14(8-10-15)18(23)25-12-16(21)20-13(3)17(22)19-5-2/h7-10,13H,4-6,11-12H2,1-3H3,(H,19,22)(H,20,21)/t13-/m1/s1. The molecule has 0 aromatic heterocycles. The number of hydrogen-bond acceptors (Lipinski definition) is 5. The lowest BCUT2D eigenvalue weighted by atomic mass is 10.2. The van der Waals surface area contributed by atoms with Crippen molar-refractivity contribution in [2.24, 2.45) is 0 Å². The van der Waals surface area contributed by atoms with Gasteiger partial charge in [-0.2, -0.15) is 0 Å². The normalized spacial score (nSPS) is 11.3. The molecule has 0 saturated carbocycles. The summed E-state index contributed by atoms with van der Waals surface area (Å²) in [6, 6.07) is 5.84. The molecule has 0 heterocycles. The van der Waals surface area contributed by atoms with E-state index in [4.69, 9.17) is 9.47 Å². The van der Waals surface area contributed by atoms with Crippen LogP contribution in [0.25, 0.3) is 0 Å². The van der Waals surface area contributed by atoms with Gasteiger partial charge in [-0.15, -0.1) is 0 Å². The number of unbranched alkanes of at least 4 members (excludes halogenated alkanes) is 1. The molecule has 0 aliphatic carbocycles. The van der Waals surface area contributed by atoms with Crippen LogP contribution in [0.4, 0.5) is 0 Å². The molecule has 1 rings (SSSR count). The van der Waals surface area contributed by atoms with E-state index in [2.05, 4.69) is 17.6 Å². The van der Waals surface area contributed by atoms with Gasteiger partial charge in [0.15, 0.2) is 6.61 Å². The number of carbonyl (C=O) groups is 3. The lowest BCUT2D eigenvalue weighted by Crippen LogP contribution is -2.46. The lowest BCUT2D eigenvalue weighted by molar-refractivity contribution is -0.130. The molecule has 0 bridgehead atoms. The van der Waals surface area contributed by atoms with Crippen LogP contribution in [0.2, 0.25) is 0 Å². The van der Waals surface area contributed by atoms with Gasteiger partial charge in [0.25, 0.3) is 5.91 Å². The molecule has 25 heavy (non-hydrogen) atoms. The molecule has 0 aliphatic heterocycles. The molecule has 7 heteroatoms. The van der Waals surface area contributed by atoms with E-state index in [-0.39, 0.29) is 5.91 Å². The number of ether oxygens (including phenoxy) is 2. The van der Waals surface area contributed by atoms with Crippen molar-refractivity contribution < 1.29 is 23.9 Å². The highest BCUT2D eigenvalue weighted by Gasteiger charge is 2.16. The number of likely N-dealkylation sites (N-methyl/N-ethyl adjacent to an activating group) is 1. The topological polar surface area (TPSA) is 93.7 Å². The van der Waals surface area contributed by atoms with E-state index in [0.29, 0.717) is 24.5 Å². The molecule has 0 fully saturated rings. The molecule has 0 unspecified atom stereocenters. The van der Waals surface area contributed by atoms with Gasteiger partial charge in [0.05, 0.1) is 12.2 Å². The summed E-state index contributed by atoms with van der Waals surface area (Å²) in [4.78, 5) is 35.1. The SMILES string of the molecule is CCCCOc1ccc(C(=O)OCC(=O)N[C@H](C)C(=O)NCC)cc1. The molecule has 0 saturated heterocycles. The second kappa shape index (κ2) is 11.1. The van der Waals surface area contributed by atoms with Gasteiger partial charge in [0, 0.05) is 6.54 Å². The largest absolute Gasteiger partial charge is 0.494 e. The molecular formula is C18H26N2O5. The summed E-state index contributed by atoms with van der Waals surface area (Å²) in [6.45, 7) is 6.08.